The standard InChI is InChI=1S/C8H12O3/c1-2-8(9)4-3-6-5-10-7(8)11-6/h2,6-7,9H,1,3-5H2. The zero-order valence-corrected chi connectivity index (χ0v) is 6.32. The SMILES string of the molecule is C=CC1(O)CCC2COC1O2. The van der Waals surface area contributed by atoms with Crippen LogP contribution in [-0.4, -0.2) is 29.7 Å². The largest absolute Gasteiger partial charge is 0.380 e. The zero-order valence-electron chi connectivity index (χ0n) is 6.32. The van der Waals surface area contributed by atoms with Crippen molar-refractivity contribution < 1.29 is 14.6 Å². The molecule has 62 valence electrons. The molecule has 3 nitrogen and oxygen atoms in total. The number of hydrogen-bond acceptors (Lipinski definition) is 3. The van der Waals surface area contributed by atoms with E-state index < -0.39 is 11.9 Å². The van der Waals surface area contributed by atoms with Gasteiger partial charge in [0.1, 0.15) is 5.60 Å². The molecule has 2 heterocycles. The van der Waals surface area contributed by atoms with Crippen molar-refractivity contribution in [2.75, 3.05) is 6.61 Å². The van der Waals surface area contributed by atoms with Crippen LogP contribution in [0.4, 0.5) is 0 Å². The van der Waals surface area contributed by atoms with Crippen LogP contribution in [0.15, 0.2) is 12.7 Å². The van der Waals surface area contributed by atoms with Gasteiger partial charge in [0.25, 0.3) is 0 Å². The van der Waals surface area contributed by atoms with E-state index in [-0.39, 0.29) is 6.10 Å². The first-order valence-electron chi connectivity index (χ1n) is 3.88. The fourth-order valence-electron chi connectivity index (χ4n) is 1.57. The summed E-state index contributed by atoms with van der Waals surface area (Å²) in [5, 5.41) is 9.80. The minimum absolute atomic E-state index is 0.195. The van der Waals surface area contributed by atoms with Gasteiger partial charge in [-0.05, 0) is 12.8 Å². The molecular weight excluding hydrogens is 144 g/mol. The molecular formula is C8H12O3. The molecule has 0 spiro atoms. The van der Waals surface area contributed by atoms with Crippen molar-refractivity contribution in [2.24, 2.45) is 0 Å². The molecule has 3 unspecified atom stereocenters. The van der Waals surface area contributed by atoms with Gasteiger partial charge in [-0.1, -0.05) is 6.08 Å². The summed E-state index contributed by atoms with van der Waals surface area (Å²) < 4.78 is 10.6. The van der Waals surface area contributed by atoms with E-state index in [1.165, 1.54) is 6.08 Å². The van der Waals surface area contributed by atoms with Gasteiger partial charge in [-0.3, -0.25) is 0 Å². The Labute approximate surface area is 65.6 Å². The Balaban J connectivity index is 2.18. The summed E-state index contributed by atoms with van der Waals surface area (Å²) in [6.07, 6.45) is 2.79. The second-order valence-electron chi connectivity index (χ2n) is 3.16. The molecule has 3 atom stereocenters. The maximum atomic E-state index is 9.80. The molecule has 11 heavy (non-hydrogen) atoms. The van der Waals surface area contributed by atoms with Gasteiger partial charge in [0.2, 0.25) is 0 Å². The molecule has 2 aliphatic heterocycles. The normalized spacial score (nSPS) is 49.2. The van der Waals surface area contributed by atoms with Crippen LogP contribution >= 0.6 is 0 Å². The van der Waals surface area contributed by atoms with Crippen LogP contribution in [0.5, 0.6) is 0 Å². The molecule has 1 N–H and O–H groups in total. The first-order chi connectivity index (χ1) is 5.24. The van der Waals surface area contributed by atoms with Crippen LogP contribution < -0.4 is 0 Å². The average molecular weight is 156 g/mol. The fourth-order valence-corrected chi connectivity index (χ4v) is 1.57. The zero-order chi connectivity index (χ0) is 7.90. The van der Waals surface area contributed by atoms with Gasteiger partial charge in [-0.2, -0.15) is 0 Å². The molecule has 0 aromatic carbocycles. The van der Waals surface area contributed by atoms with Gasteiger partial charge in [-0.15, -0.1) is 6.58 Å². The highest BCUT2D eigenvalue weighted by atomic mass is 16.7. The second kappa shape index (κ2) is 2.30. The molecule has 0 radical (unpaired) electrons. The molecule has 3 heteroatoms. The Bertz CT molecular complexity index is 180. The van der Waals surface area contributed by atoms with Crippen LogP contribution in [0.2, 0.25) is 0 Å². The van der Waals surface area contributed by atoms with Crippen molar-refractivity contribution in [2.45, 2.75) is 30.8 Å². The minimum atomic E-state index is -0.951. The monoisotopic (exact) mass is 156 g/mol. The van der Waals surface area contributed by atoms with Crippen molar-refractivity contribution in [3.63, 3.8) is 0 Å². The predicted octanol–water partition coefficient (Wildman–Crippen LogP) is 0.439. The number of fused-ring (bicyclic) bond motifs is 2. The molecule has 0 amide bonds. The average Bonchev–Trinajstić information content (AvgIpc) is 2.44. The quantitative estimate of drug-likeness (QED) is 0.560. The van der Waals surface area contributed by atoms with Crippen molar-refractivity contribution in [1.82, 2.24) is 0 Å². The Morgan fingerprint density at radius 2 is 2.45 bits per heavy atom. The Hall–Kier alpha value is -0.380. The summed E-state index contributed by atoms with van der Waals surface area (Å²) in [5.41, 5.74) is -0.951. The fraction of sp³-hybridized carbons (Fsp3) is 0.750. The molecule has 2 bridgehead atoms. The molecule has 0 aromatic heterocycles. The van der Waals surface area contributed by atoms with Crippen LogP contribution in [-0.2, 0) is 9.47 Å². The van der Waals surface area contributed by atoms with Crippen LogP contribution in [0.25, 0.3) is 0 Å². The highest BCUT2D eigenvalue weighted by Crippen LogP contribution is 2.35. The van der Waals surface area contributed by atoms with Crippen molar-refractivity contribution >= 4 is 0 Å². The van der Waals surface area contributed by atoms with E-state index in [0.717, 1.165) is 6.42 Å². The van der Waals surface area contributed by atoms with Gasteiger partial charge in [0, 0.05) is 0 Å². The number of hydrogen-bond donors (Lipinski definition) is 1. The van der Waals surface area contributed by atoms with E-state index in [9.17, 15) is 5.11 Å². The van der Waals surface area contributed by atoms with Crippen molar-refractivity contribution in [3.8, 4) is 0 Å². The van der Waals surface area contributed by atoms with E-state index in [0.29, 0.717) is 13.0 Å². The molecule has 2 rings (SSSR count). The Morgan fingerprint density at radius 3 is 3.18 bits per heavy atom. The Morgan fingerprint density at radius 1 is 1.64 bits per heavy atom. The summed E-state index contributed by atoms with van der Waals surface area (Å²) in [6, 6.07) is 0. The van der Waals surface area contributed by atoms with Gasteiger partial charge in [-0.25, -0.2) is 0 Å². The van der Waals surface area contributed by atoms with E-state index in [1.807, 2.05) is 0 Å². The maximum absolute atomic E-state index is 9.80. The maximum Gasteiger partial charge on any atom is 0.190 e. The van der Waals surface area contributed by atoms with Gasteiger partial charge < -0.3 is 14.6 Å². The van der Waals surface area contributed by atoms with Crippen LogP contribution in [0.3, 0.4) is 0 Å². The highest BCUT2D eigenvalue weighted by molar-refractivity contribution is 5.03. The molecule has 0 aromatic rings. The molecule has 2 fully saturated rings. The summed E-state index contributed by atoms with van der Waals surface area (Å²) in [5.74, 6) is 0. The third kappa shape index (κ3) is 1.00. The first-order valence-corrected chi connectivity index (χ1v) is 3.88. The third-order valence-corrected chi connectivity index (χ3v) is 2.38. The van der Waals surface area contributed by atoms with Crippen molar-refractivity contribution in [3.05, 3.63) is 12.7 Å². The number of aliphatic hydroxyl groups is 1. The van der Waals surface area contributed by atoms with Gasteiger partial charge >= 0.3 is 0 Å². The van der Waals surface area contributed by atoms with Gasteiger partial charge in [0.15, 0.2) is 6.29 Å². The van der Waals surface area contributed by atoms with Crippen molar-refractivity contribution in [1.29, 1.82) is 0 Å². The minimum Gasteiger partial charge on any atom is -0.380 e. The van der Waals surface area contributed by atoms with E-state index in [1.54, 1.807) is 0 Å². The lowest BCUT2D eigenvalue weighted by Gasteiger charge is -2.33. The summed E-state index contributed by atoms with van der Waals surface area (Å²) in [4.78, 5) is 0. The summed E-state index contributed by atoms with van der Waals surface area (Å²) >= 11 is 0. The third-order valence-electron chi connectivity index (χ3n) is 2.38. The highest BCUT2D eigenvalue weighted by Gasteiger charge is 2.46. The smallest absolute Gasteiger partial charge is 0.190 e. The lowest BCUT2D eigenvalue weighted by Crippen LogP contribution is -2.44. The molecule has 0 aliphatic carbocycles. The topological polar surface area (TPSA) is 38.7 Å². The molecule has 0 saturated carbocycles. The van der Waals surface area contributed by atoms with Gasteiger partial charge in [0.05, 0.1) is 12.7 Å². The summed E-state index contributed by atoms with van der Waals surface area (Å²) in [6.45, 7) is 4.17. The van der Waals surface area contributed by atoms with E-state index in [4.69, 9.17) is 9.47 Å². The van der Waals surface area contributed by atoms with E-state index in [2.05, 4.69) is 6.58 Å². The molecule has 2 aliphatic rings. The van der Waals surface area contributed by atoms with Crippen LogP contribution in [0, 0.1) is 0 Å². The number of rotatable bonds is 1. The lowest BCUT2D eigenvalue weighted by atomic mass is 9.94. The molecule has 2 saturated heterocycles. The second-order valence-corrected chi connectivity index (χ2v) is 3.16. The lowest BCUT2D eigenvalue weighted by molar-refractivity contribution is -0.189. The van der Waals surface area contributed by atoms with Crippen LogP contribution in [0.1, 0.15) is 12.8 Å². The Kier molecular flexibility index (Phi) is 1.52. The predicted molar refractivity (Wildman–Crippen MR) is 39.0 cm³/mol. The first kappa shape index (κ1) is 7.28. The van der Waals surface area contributed by atoms with E-state index >= 15 is 0 Å². The summed E-state index contributed by atoms with van der Waals surface area (Å²) in [7, 11) is 0. The number of ether oxygens (including phenoxy) is 2.